The molecule has 2 aliphatic heterocycles. The monoisotopic (exact) mass is 326 g/mol. The Labute approximate surface area is 145 Å². The van der Waals surface area contributed by atoms with Crippen LogP contribution in [-0.4, -0.2) is 37.1 Å². The first-order valence-corrected chi connectivity index (χ1v) is 9.77. The molecule has 1 N–H and O–H groups in total. The van der Waals surface area contributed by atoms with Crippen molar-refractivity contribution in [2.45, 2.75) is 51.0 Å². The van der Waals surface area contributed by atoms with Gasteiger partial charge >= 0.3 is 0 Å². The third kappa shape index (κ3) is 3.12. The van der Waals surface area contributed by atoms with Crippen molar-refractivity contribution in [3.8, 4) is 0 Å². The van der Waals surface area contributed by atoms with E-state index in [1.807, 2.05) is 6.26 Å². The van der Waals surface area contributed by atoms with E-state index >= 15 is 0 Å². The number of benzene rings is 1. The molecule has 3 heterocycles. The van der Waals surface area contributed by atoms with E-state index in [0.717, 1.165) is 17.5 Å². The van der Waals surface area contributed by atoms with E-state index in [1.165, 1.54) is 69.2 Å². The van der Waals surface area contributed by atoms with Gasteiger partial charge in [-0.15, -0.1) is 0 Å². The molecule has 1 aromatic carbocycles. The number of furan rings is 1. The smallest absolute Gasteiger partial charge is 0.134 e. The van der Waals surface area contributed by atoms with Gasteiger partial charge < -0.3 is 14.6 Å². The van der Waals surface area contributed by atoms with Crippen LogP contribution in [0, 0.1) is 5.92 Å². The highest BCUT2D eigenvalue weighted by Gasteiger charge is 2.31. The van der Waals surface area contributed by atoms with E-state index in [-0.39, 0.29) is 0 Å². The molecule has 3 heteroatoms. The van der Waals surface area contributed by atoms with Crippen LogP contribution in [0.2, 0.25) is 0 Å². The summed E-state index contributed by atoms with van der Waals surface area (Å²) in [5, 5.41) is 4.92. The number of para-hydroxylation sites is 1. The standard InChI is InChI=1S/C21H30N2O/c1-2-20(17-6-5-11-22-14-17)23-12-9-16(10-13-23)19-15-24-21-8-4-3-7-18(19)21/h3-4,7-8,15-17,20,22H,2,5-6,9-14H2,1H3. The zero-order valence-electron chi connectivity index (χ0n) is 14.8. The van der Waals surface area contributed by atoms with Crippen LogP contribution in [-0.2, 0) is 0 Å². The van der Waals surface area contributed by atoms with E-state index in [2.05, 4.69) is 41.4 Å². The van der Waals surface area contributed by atoms with Gasteiger partial charge in [0.2, 0.25) is 0 Å². The molecule has 2 fully saturated rings. The average Bonchev–Trinajstić information content (AvgIpc) is 3.08. The van der Waals surface area contributed by atoms with Gasteiger partial charge in [0.25, 0.3) is 0 Å². The van der Waals surface area contributed by atoms with Crippen LogP contribution in [0.15, 0.2) is 34.9 Å². The van der Waals surface area contributed by atoms with Crippen LogP contribution >= 0.6 is 0 Å². The van der Waals surface area contributed by atoms with Crippen molar-refractivity contribution in [1.82, 2.24) is 10.2 Å². The van der Waals surface area contributed by atoms with Gasteiger partial charge in [-0.1, -0.05) is 25.1 Å². The lowest BCUT2D eigenvalue weighted by molar-refractivity contribution is 0.0928. The second-order valence-electron chi connectivity index (χ2n) is 7.58. The molecule has 4 rings (SSSR count). The predicted octanol–water partition coefficient (Wildman–Crippen LogP) is 4.39. The van der Waals surface area contributed by atoms with Gasteiger partial charge in [0, 0.05) is 17.0 Å². The highest BCUT2D eigenvalue weighted by Crippen LogP contribution is 2.36. The van der Waals surface area contributed by atoms with E-state index in [1.54, 1.807) is 0 Å². The summed E-state index contributed by atoms with van der Waals surface area (Å²) in [4.78, 5) is 2.77. The lowest BCUT2D eigenvalue weighted by Gasteiger charge is -2.42. The fraction of sp³-hybridized carbons (Fsp3) is 0.619. The van der Waals surface area contributed by atoms with Crippen molar-refractivity contribution in [3.63, 3.8) is 0 Å². The van der Waals surface area contributed by atoms with Crippen LogP contribution in [0.5, 0.6) is 0 Å². The number of rotatable bonds is 4. The fourth-order valence-corrected chi connectivity index (χ4v) is 4.95. The number of nitrogens with zero attached hydrogens (tertiary/aromatic N) is 1. The van der Waals surface area contributed by atoms with Crippen molar-refractivity contribution in [1.29, 1.82) is 0 Å². The zero-order chi connectivity index (χ0) is 16.4. The normalized spacial score (nSPS) is 25.1. The second kappa shape index (κ2) is 7.28. The Balaban J connectivity index is 1.42. The predicted molar refractivity (Wildman–Crippen MR) is 99.4 cm³/mol. The Morgan fingerprint density at radius 3 is 2.79 bits per heavy atom. The topological polar surface area (TPSA) is 28.4 Å². The van der Waals surface area contributed by atoms with Crippen molar-refractivity contribution >= 4 is 11.0 Å². The molecule has 2 unspecified atom stereocenters. The quantitative estimate of drug-likeness (QED) is 0.903. The minimum atomic E-state index is 0.659. The molecule has 0 saturated carbocycles. The molecule has 0 spiro atoms. The zero-order valence-corrected chi connectivity index (χ0v) is 14.8. The first-order chi connectivity index (χ1) is 11.9. The number of piperidine rings is 2. The second-order valence-corrected chi connectivity index (χ2v) is 7.58. The average molecular weight is 326 g/mol. The third-order valence-electron chi connectivity index (χ3n) is 6.25. The molecule has 2 aromatic rings. The lowest BCUT2D eigenvalue weighted by Crippen LogP contribution is -2.48. The molecule has 130 valence electrons. The minimum absolute atomic E-state index is 0.659. The Bertz CT molecular complexity index is 651. The maximum atomic E-state index is 5.77. The Morgan fingerprint density at radius 2 is 2.04 bits per heavy atom. The fourth-order valence-electron chi connectivity index (χ4n) is 4.95. The van der Waals surface area contributed by atoms with Crippen LogP contribution in [0.3, 0.4) is 0 Å². The maximum Gasteiger partial charge on any atom is 0.134 e. The third-order valence-corrected chi connectivity index (χ3v) is 6.25. The molecular formula is C21H30N2O. The number of fused-ring (bicyclic) bond motifs is 1. The van der Waals surface area contributed by atoms with Gasteiger partial charge in [-0.2, -0.15) is 0 Å². The van der Waals surface area contributed by atoms with Crippen molar-refractivity contribution in [2.75, 3.05) is 26.2 Å². The first kappa shape index (κ1) is 16.2. The molecule has 2 aliphatic rings. The molecular weight excluding hydrogens is 296 g/mol. The molecule has 2 atom stereocenters. The van der Waals surface area contributed by atoms with Crippen molar-refractivity contribution in [2.24, 2.45) is 5.92 Å². The van der Waals surface area contributed by atoms with Crippen LogP contribution < -0.4 is 5.32 Å². The van der Waals surface area contributed by atoms with Crippen molar-refractivity contribution in [3.05, 3.63) is 36.1 Å². The van der Waals surface area contributed by atoms with Crippen molar-refractivity contribution < 1.29 is 4.42 Å². The highest BCUT2D eigenvalue weighted by molar-refractivity contribution is 5.81. The van der Waals surface area contributed by atoms with Crippen LogP contribution in [0.4, 0.5) is 0 Å². The summed E-state index contributed by atoms with van der Waals surface area (Å²) in [7, 11) is 0. The summed E-state index contributed by atoms with van der Waals surface area (Å²) in [5.41, 5.74) is 2.47. The van der Waals surface area contributed by atoms with E-state index in [9.17, 15) is 0 Å². The summed E-state index contributed by atoms with van der Waals surface area (Å²) in [6.07, 6.45) is 8.57. The lowest BCUT2D eigenvalue weighted by atomic mass is 9.84. The molecule has 0 radical (unpaired) electrons. The summed E-state index contributed by atoms with van der Waals surface area (Å²) in [6.45, 7) is 7.26. The van der Waals surface area contributed by atoms with E-state index in [0.29, 0.717) is 5.92 Å². The van der Waals surface area contributed by atoms with Gasteiger partial charge in [0.15, 0.2) is 0 Å². The summed E-state index contributed by atoms with van der Waals surface area (Å²) < 4.78 is 5.77. The van der Waals surface area contributed by atoms with Gasteiger partial charge in [-0.3, -0.25) is 0 Å². The summed E-state index contributed by atoms with van der Waals surface area (Å²) in [5.74, 6) is 1.50. The molecule has 0 aliphatic carbocycles. The molecule has 3 nitrogen and oxygen atoms in total. The molecule has 2 saturated heterocycles. The maximum absolute atomic E-state index is 5.77. The highest BCUT2D eigenvalue weighted by atomic mass is 16.3. The molecule has 0 bridgehead atoms. The molecule has 24 heavy (non-hydrogen) atoms. The summed E-state index contributed by atoms with van der Waals surface area (Å²) >= 11 is 0. The van der Waals surface area contributed by atoms with Gasteiger partial charge in [0.1, 0.15) is 5.58 Å². The Hall–Kier alpha value is -1.32. The SMILES string of the molecule is CCC(C1CCCNC1)N1CCC(c2coc3ccccc23)CC1. The van der Waals surface area contributed by atoms with Gasteiger partial charge in [-0.25, -0.2) is 0 Å². The number of likely N-dealkylation sites (tertiary alicyclic amines) is 1. The van der Waals surface area contributed by atoms with Crippen LogP contribution in [0.1, 0.15) is 50.5 Å². The number of nitrogens with one attached hydrogen (secondary N) is 1. The molecule has 1 aromatic heterocycles. The van der Waals surface area contributed by atoms with Gasteiger partial charge in [-0.05, 0) is 76.2 Å². The van der Waals surface area contributed by atoms with Crippen LogP contribution in [0.25, 0.3) is 11.0 Å². The number of hydrogen-bond acceptors (Lipinski definition) is 3. The largest absolute Gasteiger partial charge is 0.464 e. The Morgan fingerprint density at radius 1 is 1.21 bits per heavy atom. The summed E-state index contributed by atoms with van der Waals surface area (Å²) in [6, 6.07) is 9.24. The first-order valence-electron chi connectivity index (χ1n) is 9.77. The molecule has 0 amide bonds. The Kier molecular flexibility index (Phi) is 4.91. The number of hydrogen-bond donors (Lipinski definition) is 1. The van der Waals surface area contributed by atoms with E-state index < -0.39 is 0 Å². The minimum Gasteiger partial charge on any atom is -0.464 e. The van der Waals surface area contributed by atoms with E-state index in [4.69, 9.17) is 4.42 Å². The van der Waals surface area contributed by atoms with Gasteiger partial charge in [0.05, 0.1) is 6.26 Å².